The molecule has 0 aliphatic carbocycles. The third-order valence-corrected chi connectivity index (χ3v) is 6.58. The standard InChI is InChI=1S/C20H24FN3O3S/c1-15(2)28(25,26)20-22-11-17(13-23(3)14-18-8-6-10-27-18)24(20)12-16-7-4-5-9-19(16)21/h4-11,15H,12-14H2,1-3H3. The third kappa shape index (κ3) is 4.34. The largest absolute Gasteiger partial charge is 0.468 e. The zero-order valence-corrected chi connectivity index (χ0v) is 17.0. The van der Waals surface area contributed by atoms with E-state index < -0.39 is 15.1 Å². The Morgan fingerprint density at radius 3 is 2.57 bits per heavy atom. The second-order valence-electron chi connectivity index (χ2n) is 7.06. The Labute approximate surface area is 164 Å². The molecule has 6 nitrogen and oxygen atoms in total. The Morgan fingerprint density at radius 1 is 1.18 bits per heavy atom. The second kappa shape index (κ2) is 8.28. The van der Waals surface area contributed by atoms with Gasteiger partial charge >= 0.3 is 0 Å². The van der Waals surface area contributed by atoms with E-state index in [1.165, 1.54) is 6.07 Å². The molecule has 0 spiro atoms. The average Bonchev–Trinajstić information content (AvgIpc) is 3.27. The number of halogens is 1. The van der Waals surface area contributed by atoms with Crippen LogP contribution in [-0.4, -0.2) is 35.2 Å². The van der Waals surface area contributed by atoms with Gasteiger partial charge in [0.15, 0.2) is 0 Å². The van der Waals surface area contributed by atoms with Gasteiger partial charge in [-0.25, -0.2) is 17.8 Å². The van der Waals surface area contributed by atoms with Gasteiger partial charge in [-0.05, 0) is 39.1 Å². The molecule has 0 fully saturated rings. The van der Waals surface area contributed by atoms with Crippen molar-refractivity contribution in [3.63, 3.8) is 0 Å². The highest BCUT2D eigenvalue weighted by atomic mass is 32.2. The topological polar surface area (TPSA) is 68.3 Å². The van der Waals surface area contributed by atoms with E-state index >= 15 is 0 Å². The van der Waals surface area contributed by atoms with Gasteiger partial charge in [0.2, 0.25) is 15.0 Å². The predicted octanol–water partition coefficient (Wildman–Crippen LogP) is 3.48. The van der Waals surface area contributed by atoms with Gasteiger partial charge in [-0.1, -0.05) is 18.2 Å². The van der Waals surface area contributed by atoms with Gasteiger partial charge < -0.3 is 8.98 Å². The van der Waals surface area contributed by atoms with E-state index in [0.717, 1.165) is 5.76 Å². The first-order chi connectivity index (χ1) is 13.3. The van der Waals surface area contributed by atoms with Crippen molar-refractivity contribution >= 4 is 9.84 Å². The highest BCUT2D eigenvalue weighted by Crippen LogP contribution is 2.21. The maximum Gasteiger partial charge on any atom is 0.228 e. The molecule has 8 heteroatoms. The first kappa shape index (κ1) is 20.3. The summed E-state index contributed by atoms with van der Waals surface area (Å²) in [6, 6.07) is 10.1. The smallest absolute Gasteiger partial charge is 0.228 e. The second-order valence-corrected chi connectivity index (χ2v) is 9.45. The number of hydrogen-bond donors (Lipinski definition) is 0. The van der Waals surface area contributed by atoms with E-state index in [2.05, 4.69) is 4.98 Å². The average molecular weight is 405 g/mol. The lowest BCUT2D eigenvalue weighted by Crippen LogP contribution is -2.23. The van der Waals surface area contributed by atoms with Gasteiger partial charge in [-0.2, -0.15) is 0 Å². The molecular weight excluding hydrogens is 381 g/mol. The Balaban J connectivity index is 1.95. The molecule has 28 heavy (non-hydrogen) atoms. The minimum atomic E-state index is -3.61. The quantitative estimate of drug-likeness (QED) is 0.574. The van der Waals surface area contributed by atoms with Crippen molar-refractivity contribution < 1.29 is 17.2 Å². The molecule has 0 unspecified atom stereocenters. The van der Waals surface area contributed by atoms with Crippen LogP contribution in [-0.2, 0) is 29.5 Å². The molecule has 0 aliphatic heterocycles. The molecule has 0 atom stereocenters. The van der Waals surface area contributed by atoms with Gasteiger partial charge in [0.25, 0.3) is 0 Å². The van der Waals surface area contributed by atoms with Crippen LogP contribution in [0.3, 0.4) is 0 Å². The molecule has 0 bridgehead atoms. The fourth-order valence-electron chi connectivity index (χ4n) is 2.92. The molecule has 150 valence electrons. The third-order valence-electron chi connectivity index (χ3n) is 4.50. The van der Waals surface area contributed by atoms with Crippen LogP contribution in [0.1, 0.15) is 30.9 Å². The van der Waals surface area contributed by atoms with Gasteiger partial charge in [-0.3, -0.25) is 4.90 Å². The molecule has 1 aromatic carbocycles. The fourth-order valence-corrected chi connectivity index (χ4v) is 4.03. The summed E-state index contributed by atoms with van der Waals surface area (Å²) in [5.74, 6) is 0.427. The molecule has 0 saturated heterocycles. The lowest BCUT2D eigenvalue weighted by Gasteiger charge is -2.18. The first-order valence-electron chi connectivity index (χ1n) is 9.01. The molecular formula is C20H24FN3O3S. The van der Waals surface area contributed by atoms with E-state index in [9.17, 15) is 12.8 Å². The summed E-state index contributed by atoms with van der Waals surface area (Å²) in [5, 5.41) is -0.657. The van der Waals surface area contributed by atoms with Crippen molar-refractivity contribution in [1.82, 2.24) is 14.5 Å². The highest BCUT2D eigenvalue weighted by molar-refractivity contribution is 7.91. The number of furan rings is 1. The van der Waals surface area contributed by atoms with Crippen molar-refractivity contribution in [2.75, 3.05) is 7.05 Å². The monoisotopic (exact) mass is 405 g/mol. The number of nitrogens with zero attached hydrogens (tertiary/aromatic N) is 3. The summed E-state index contributed by atoms with van der Waals surface area (Å²) >= 11 is 0. The molecule has 0 saturated carbocycles. The van der Waals surface area contributed by atoms with E-state index in [1.54, 1.807) is 49.1 Å². The summed E-state index contributed by atoms with van der Waals surface area (Å²) in [6.45, 7) is 4.32. The minimum Gasteiger partial charge on any atom is -0.468 e. The summed E-state index contributed by atoms with van der Waals surface area (Å²) in [7, 11) is -1.71. The summed E-state index contributed by atoms with van der Waals surface area (Å²) in [5.41, 5.74) is 1.10. The fraction of sp³-hybridized carbons (Fsp3) is 0.350. The van der Waals surface area contributed by atoms with E-state index in [0.29, 0.717) is 24.3 Å². The highest BCUT2D eigenvalue weighted by Gasteiger charge is 2.27. The molecule has 0 aliphatic rings. The van der Waals surface area contributed by atoms with Gasteiger partial charge in [0.1, 0.15) is 11.6 Å². The van der Waals surface area contributed by atoms with Crippen LogP contribution in [0.2, 0.25) is 0 Å². The van der Waals surface area contributed by atoms with E-state index in [-0.39, 0.29) is 17.5 Å². The van der Waals surface area contributed by atoms with Crippen LogP contribution in [0.4, 0.5) is 4.39 Å². The Hall–Kier alpha value is -2.45. The van der Waals surface area contributed by atoms with Crippen LogP contribution in [0.5, 0.6) is 0 Å². The summed E-state index contributed by atoms with van der Waals surface area (Å²) in [6.07, 6.45) is 3.16. The Kier molecular flexibility index (Phi) is 6.00. The van der Waals surface area contributed by atoms with Crippen molar-refractivity contribution in [3.8, 4) is 0 Å². The minimum absolute atomic E-state index is 0.0350. The number of rotatable bonds is 8. The zero-order chi connectivity index (χ0) is 20.3. The van der Waals surface area contributed by atoms with Crippen LogP contribution >= 0.6 is 0 Å². The van der Waals surface area contributed by atoms with Gasteiger partial charge in [0, 0.05) is 12.1 Å². The van der Waals surface area contributed by atoms with E-state index in [4.69, 9.17) is 4.42 Å². The van der Waals surface area contributed by atoms with Crippen molar-refractivity contribution in [2.45, 2.75) is 43.9 Å². The van der Waals surface area contributed by atoms with Crippen LogP contribution < -0.4 is 0 Å². The summed E-state index contributed by atoms with van der Waals surface area (Å²) < 4.78 is 46.7. The van der Waals surface area contributed by atoms with Crippen molar-refractivity contribution in [1.29, 1.82) is 0 Å². The molecule has 0 radical (unpaired) electrons. The summed E-state index contributed by atoms with van der Waals surface area (Å²) in [4.78, 5) is 6.17. The number of benzene rings is 1. The number of imidazole rings is 1. The predicted molar refractivity (Wildman–Crippen MR) is 104 cm³/mol. The Morgan fingerprint density at radius 2 is 1.93 bits per heavy atom. The molecule has 2 heterocycles. The number of sulfone groups is 1. The molecule has 3 rings (SSSR count). The van der Waals surface area contributed by atoms with Crippen LogP contribution in [0.25, 0.3) is 0 Å². The van der Waals surface area contributed by atoms with Crippen molar-refractivity contribution in [3.05, 3.63) is 71.7 Å². The number of aromatic nitrogens is 2. The molecule has 3 aromatic rings. The molecule has 2 aromatic heterocycles. The lowest BCUT2D eigenvalue weighted by atomic mass is 10.2. The first-order valence-corrected chi connectivity index (χ1v) is 10.6. The molecule has 0 N–H and O–H groups in total. The number of hydrogen-bond acceptors (Lipinski definition) is 5. The van der Waals surface area contributed by atoms with Crippen molar-refractivity contribution in [2.24, 2.45) is 0 Å². The van der Waals surface area contributed by atoms with Gasteiger partial charge in [0.05, 0.1) is 36.5 Å². The normalized spacial score (nSPS) is 12.2. The Bertz CT molecular complexity index is 1030. The SMILES string of the molecule is CC(C)S(=O)(=O)c1ncc(CN(C)Cc2ccco2)n1Cc1ccccc1F. The zero-order valence-electron chi connectivity index (χ0n) is 16.2. The lowest BCUT2D eigenvalue weighted by molar-refractivity contribution is 0.280. The maximum absolute atomic E-state index is 14.2. The maximum atomic E-state index is 14.2. The van der Waals surface area contributed by atoms with Gasteiger partial charge in [-0.15, -0.1) is 0 Å². The van der Waals surface area contributed by atoms with Crippen LogP contribution in [0.15, 0.2) is 58.4 Å². The molecule has 0 amide bonds. The van der Waals surface area contributed by atoms with E-state index in [1.807, 2.05) is 24.1 Å². The van der Waals surface area contributed by atoms with Crippen LogP contribution in [0, 0.1) is 5.82 Å².